The van der Waals surface area contributed by atoms with E-state index in [0.717, 1.165) is 12.8 Å². The molecule has 4 rings (SSSR count). The van der Waals surface area contributed by atoms with Crippen LogP contribution in [0.1, 0.15) is 42.5 Å². The second-order valence-corrected chi connectivity index (χ2v) is 8.02. The lowest BCUT2D eigenvalue weighted by atomic mass is 9.77. The number of tetrazole rings is 1. The fraction of sp³-hybridized carbons (Fsp3) is 0.556. The summed E-state index contributed by atoms with van der Waals surface area (Å²) >= 11 is 12.7. The van der Waals surface area contributed by atoms with Crippen LogP contribution in [0.3, 0.4) is 0 Å². The molecule has 1 aromatic heterocycles. The van der Waals surface area contributed by atoms with Crippen LogP contribution in [0.5, 0.6) is 5.75 Å². The second kappa shape index (κ2) is 7.53. The van der Waals surface area contributed by atoms with Gasteiger partial charge in [0.15, 0.2) is 11.5 Å². The Bertz CT molecular complexity index is 785. The minimum absolute atomic E-state index is 0.0639. The Labute approximate surface area is 161 Å². The van der Waals surface area contributed by atoms with Gasteiger partial charge < -0.3 is 4.74 Å². The van der Waals surface area contributed by atoms with Crippen molar-refractivity contribution in [3.05, 3.63) is 34.1 Å². The highest BCUT2D eigenvalue weighted by molar-refractivity contribution is 6.39. The van der Waals surface area contributed by atoms with Crippen molar-refractivity contribution in [2.24, 2.45) is 17.8 Å². The first-order valence-electron chi connectivity index (χ1n) is 8.97. The Hall–Kier alpha value is -1.66. The molecule has 0 saturated heterocycles. The number of ether oxygens (including phenoxy) is 1. The molecule has 2 fully saturated rings. The fourth-order valence-electron chi connectivity index (χ4n) is 4.32. The van der Waals surface area contributed by atoms with Crippen molar-refractivity contribution in [1.29, 1.82) is 0 Å². The third-order valence-electron chi connectivity index (χ3n) is 5.53. The predicted octanol–water partition coefficient (Wildman–Crippen LogP) is 4.07. The van der Waals surface area contributed by atoms with E-state index in [9.17, 15) is 4.79 Å². The molecule has 0 spiro atoms. The maximum absolute atomic E-state index is 13.0. The number of carbonyl (C=O) groups excluding carboxylic acids is 1. The van der Waals surface area contributed by atoms with Crippen molar-refractivity contribution in [2.45, 2.75) is 38.6 Å². The van der Waals surface area contributed by atoms with E-state index in [2.05, 4.69) is 15.5 Å². The Morgan fingerprint density at radius 1 is 1.19 bits per heavy atom. The van der Waals surface area contributed by atoms with Gasteiger partial charge in [0, 0.05) is 11.5 Å². The van der Waals surface area contributed by atoms with Crippen molar-refractivity contribution in [1.82, 2.24) is 20.2 Å². The summed E-state index contributed by atoms with van der Waals surface area (Å²) in [6.45, 7) is 0.763. The van der Waals surface area contributed by atoms with Crippen LogP contribution in [0.15, 0.2) is 18.5 Å². The highest BCUT2D eigenvalue weighted by Crippen LogP contribution is 2.46. The van der Waals surface area contributed by atoms with Crippen LogP contribution in [0, 0.1) is 17.8 Å². The van der Waals surface area contributed by atoms with Crippen LogP contribution < -0.4 is 4.74 Å². The molecule has 8 heteroatoms. The summed E-state index contributed by atoms with van der Waals surface area (Å²) in [7, 11) is 0. The SMILES string of the molecule is O=C(c1ccc(Cl)c(OCCn2cnnn2)c1Cl)C1CC2CCC(C2)C1. The van der Waals surface area contributed by atoms with Gasteiger partial charge in [0.1, 0.15) is 12.9 Å². The summed E-state index contributed by atoms with van der Waals surface area (Å²) in [5.41, 5.74) is 0.514. The average molecular weight is 395 g/mol. The van der Waals surface area contributed by atoms with Gasteiger partial charge in [-0.25, -0.2) is 4.68 Å². The van der Waals surface area contributed by atoms with Crippen LogP contribution in [0.4, 0.5) is 0 Å². The molecule has 2 unspecified atom stereocenters. The first-order valence-corrected chi connectivity index (χ1v) is 9.73. The number of Topliss-reactive ketones (excluding diaryl/α,β-unsaturated/α-hetero) is 1. The highest BCUT2D eigenvalue weighted by Gasteiger charge is 2.38. The van der Waals surface area contributed by atoms with Crippen LogP contribution in [0.25, 0.3) is 0 Å². The Balaban J connectivity index is 1.48. The van der Waals surface area contributed by atoms with E-state index in [0.29, 0.717) is 46.3 Å². The second-order valence-electron chi connectivity index (χ2n) is 7.24. The number of hydrogen-bond acceptors (Lipinski definition) is 5. The Morgan fingerprint density at radius 2 is 1.96 bits per heavy atom. The number of nitrogens with zero attached hydrogens (tertiary/aromatic N) is 4. The monoisotopic (exact) mass is 394 g/mol. The summed E-state index contributed by atoms with van der Waals surface area (Å²) in [6, 6.07) is 3.40. The maximum atomic E-state index is 13.0. The minimum Gasteiger partial charge on any atom is -0.488 e. The summed E-state index contributed by atoms with van der Waals surface area (Å²) in [6.07, 6.45) is 7.25. The van der Waals surface area contributed by atoms with Gasteiger partial charge in [-0.15, -0.1) is 5.10 Å². The molecular weight excluding hydrogens is 375 g/mol. The lowest BCUT2D eigenvalue weighted by molar-refractivity contribution is 0.0857. The number of hydrogen-bond donors (Lipinski definition) is 0. The summed E-state index contributed by atoms with van der Waals surface area (Å²) in [5.74, 6) is 1.93. The van der Waals surface area contributed by atoms with Crippen LogP contribution >= 0.6 is 23.2 Å². The number of benzene rings is 1. The van der Waals surface area contributed by atoms with Crippen molar-refractivity contribution >= 4 is 29.0 Å². The van der Waals surface area contributed by atoms with Gasteiger partial charge in [0.05, 0.1) is 16.6 Å². The van der Waals surface area contributed by atoms with Gasteiger partial charge in [0.25, 0.3) is 0 Å². The molecule has 2 aromatic rings. The number of aromatic nitrogens is 4. The lowest BCUT2D eigenvalue weighted by Crippen LogP contribution is -2.24. The molecule has 26 heavy (non-hydrogen) atoms. The van der Waals surface area contributed by atoms with Gasteiger partial charge in [-0.3, -0.25) is 4.79 Å². The molecule has 2 aliphatic rings. The van der Waals surface area contributed by atoms with E-state index in [-0.39, 0.29) is 11.7 Å². The predicted molar refractivity (Wildman–Crippen MR) is 97.7 cm³/mol. The van der Waals surface area contributed by atoms with E-state index in [4.69, 9.17) is 27.9 Å². The molecular formula is C18H20Cl2N4O2. The zero-order valence-electron chi connectivity index (χ0n) is 14.3. The van der Waals surface area contributed by atoms with Gasteiger partial charge >= 0.3 is 0 Å². The van der Waals surface area contributed by atoms with Crippen LogP contribution in [-0.4, -0.2) is 32.6 Å². The van der Waals surface area contributed by atoms with E-state index < -0.39 is 0 Å². The number of halogens is 2. The smallest absolute Gasteiger partial charge is 0.167 e. The number of rotatable bonds is 6. The number of carbonyl (C=O) groups is 1. The third-order valence-corrected chi connectivity index (χ3v) is 6.20. The normalized spacial score (nSPS) is 24.6. The first kappa shape index (κ1) is 17.7. The number of fused-ring (bicyclic) bond motifs is 2. The fourth-order valence-corrected chi connectivity index (χ4v) is 4.89. The van der Waals surface area contributed by atoms with Gasteiger partial charge in [-0.1, -0.05) is 36.0 Å². The molecule has 2 bridgehead atoms. The maximum Gasteiger partial charge on any atom is 0.167 e. The molecule has 138 valence electrons. The average Bonchev–Trinajstić information content (AvgIpc) is 3.26. The van der Waals surface area contributed by atoms with E-state index in [1.165, 1.54) is 25.6 Å². The third kappa shape index (κ3) is 3.58. The standard InChI is InChI=1S/C18H20Cl2N4O2/c19-15-4-3-14(17(25)13-8-11-1-2-12(7-11)9-13)16(20)18(15)26-6-5-24-10-21-22-23-24/h3-4,10-13H,1-2,5-9H2. The Morgan fingerprint density at radius 3 is 2.65 bits per heavy atom. The molecule has 0 radical (unpaired) electrons. The molecule has 2 atom stereocenters. The van der Waals surface area contributed by atoms with E-state index in [1.807, 2.05) is 0 Å². The van der Waals surface area contributed by atoms with E-state index >= 15 is 0 Å². The van der Waals surface area contributed by atoms with Crippen molar-refractivity contribution in [3.8, 4) is 5.75 Å². The van der Waals surface area contributed by atoms with Crippen molar-refractivity contribution in [2.75, 3.05) is 6.61 Å². The van der Waals surface area contributed by atoms with Gasteiger partial charge in [-0.2, -0.15) is 0 Å². The summed E-state index contributed by atoms with van der Waals surface area (Å²) in [5, 5.41) is 11.6. The molecule has 1 heterocycles. The van der Waals surface area contributed by atoms with E-state index in [1.54, 1.807) is 16.8 Å². The summed E-state index contributed by atoms with van der Waals surface area (Å²) < 4.78 is 7.29. The lowest BCUT2D eigenvalue weighted by Gasteiger charge is -2.27. The number of ketones is 1. The Kier molecular flexibility index (Phi) is 5.14. The van der Waals surface area contributed by atoms with Crippen LogP contribution in [0.2, 0.25) is 10.0 Å². The topological polar surface area (TPSA) is 69.9 Å². The minimum atomic E-state index is 0.0639. The molecule has 2 aliphatic carbocycles. The highest BCUT2D eigenvalue weighted by atomic mass is 35.5. The molecule has 2 saturated carbocycles. The largest absolute Gasteiger partial charge is 0.488 e. The van der Waals surface area contributed by atoms with Gasteiger partial charge in [0.2, 0.25) is 0 Å². The summed E-state index contributed by atoms with van der Waals surface area (Å²) in [4.78, 5) is 13.0. The molecule has 0 aliphatic heterocycles. The van der Waals surface area contributed by atoms with Crippen LogP contribution in [-0.2, 0) is 6.54 Å². The molecule has 0 N–H and O–H groups in total. The quantitative estimate of drug-likeness (QED) is 0.690. The zero-order chi connectivity index (χ0) is 18.1. The zero-order valence-corrected chi connectivity index (χ0v) is 15.8. The van der Waals surface area contributed by atoms with Gasteiger partial charge in [-0.05, 0) is 53.7 Å². The van der Waals surface area contributed by atoms with Crippen molar-refractivity contribution in [3.63, 3.8) is 0 Å². The first-order chi connectivity index (χ1) is 12.6. The van der Waals surface area contributed by atoms with Crippen molar-refractivity contribution < 1.29 is 9.53 Å². The molecule has 0 amide bonds. The molecule has 1 aromatic carbocycles. The molecule has 6 nitrogen and oxygen atoms in total.